The van der Waals surface area contributed by atoms with Gasteiger partial charge in [0.25, 0.3) is 5.91 Å². The van der Waals surface area contributed by atoms with Gasteiger partial charge in [-0.3, -0.25) is 4.79 Å². The van der Waals surface area contributed by atoms with E-state index in [9.17, 15) is 13.6 Å². The molecule has 5 heteroatoms. The summed E-state index contributed by atoms with van der Waals surface area (Å²) in [4.78, 5) is 15.6. The van der Waals surface area contributed by atoms with Gasteiger partial charge in [-0.2, -0.15) is 0 Å². The van der Waals surface area contributed by atoms with E-state index in [4.69, 9.17) is 0 Å². The van der Waals surface area contributed by atoms with Crippen molar-refractivity contribution >= 4 is 11.6 Å². The summed E-state index contributed by atoms with van der Waals surface area (Å²) in [6.45, 7) is 1.59. The maximum absolute atomic E-state index is 12.8. The van der Waals surface area contributed by atoms with Crippen molar-refractivity contribution in [1.29, 1.82) is 0 Å². The number of nitrogens with zero attached hydrogens (tertiary/aromatic N) is 1. The lowest BCUT2D eigenvalue weighted by Gasteiger charge is -2.06. The Morgan fingerprint density at radius 1 is 1.17 bits per heavy atom. The number of halogens is 2. The molecule has 1 amide bonds. The first-order valence-corrected chi connectivity index (χ1v) is 5.25. The van der Waals surface area contributed by atoms with Gasteiger partial charge in [-0.25, -0.2) is 13.8 Å². The number of aromatic nitrogens is 1. The number of rotatable bonds is 2. The van der Waals surface area contributed by atoms with Gasteiger partial charge in [0, 0.05) is 5.69 Å². The van der Waals surface area contributed by atoms with Crippen LogP contribution in [0.1, 0.15) is 16.1 Å². The van der Waals surface area contributed by atoms with E-state index >= 15 is 0 Å². The summed E-state index contributed by atoms with van der Waals surface area (Å²) in [6, 6.07) is 6.58. The van der Waals surface area contributed by atoms with E-state index in [1.54, 1.807) is 6.92 Å². The lowest BCUT2D eigenvalue weighted by atomic mass is 10.2. The predicted octanol–water partition coefficient (Wildman–Crippen LogP) is 2.92. The number of carbonyl (C=O) groups is 1. The highest BCUT2D eigenvalue weighted by atomic mass is 19.1. The Morgan fingerprint density at radius 2 is 1.83 bits per heavy atom. The molecule has 1 aromatic heterocycles. The number of nitrogens with one attached hydrogen (secondary N) is 1. The third-order valence-corrected chi connectivity index (χ3v) is 2.36. The third kappa shape index (κ3) is 2.68. The Morgan fingerprint density at radius 3 is 2.44 bits per heavy atom. The lowest BCUT2D eigenvalue weighted by Crippen LogP contribution is -2.15. The molecule has 0 aliphatic heterocycles. The number of anilines is 1. The number of hydrogen-bond acceptors (Lipinski definition) is 2. The topological polar surface area (TPSA) is 42.0 Å². The fourth-order valence-electron chi connectivity index (χ4n) is 1.50. The molecule has 0 unspecified atom stereocenters. The molecule has 2 aromatic rings. The number of benzene rings is 1. The molecule has 2 rings (SSSR count). The molecule has 0 saturated heterocycles. The van der Waals surface area contributed by atoms with Crippen molar-refractivity contribution in [2.75, 3.05) is 5.32 Å². The van der Waals surface area contributed by atoms with Gasteiger partial charge >= 0.3 is 0 Å². The molecule has 0 bridgehead atoms. The van der Waals surface area contributed by atoms with Crippen LogP contribution < -0.4 is 5.32 Å². The molecule has 92 valence electrons. The van der Waals surface area contributed by atoms with Crippen LogP contribution in [0, 0.1) is 18.6 Å². The molecular weight excluding hydrogens is 238 g/mol. The van der Waals surface area contributed by atoms with Crippen LogP contribution >= 0.6 is 0 Å². The van der Waals surface area contributed by atoms with E-state index < -0.39 is 11.7 Å². The second-order valence-corrected chi connectivity index (χ2v) is 3.78. The largest absolute Gasteiger partial charge is 0.321 e. The molecule has 1 aromatic carbocycles. The van der Waals surface area contributed by atoms with Gasteiger partial charge < -0.3 is 5.32 Å². The number of hydrogen-bond donors (Lipinski definition) is 1. The SMILES string of the molecule is Cc1cc(F)cnc1C(=O)Nc1ccc(F)cc1. The summed E-state index contributed by atoms with van der Waals surface area (Å²) in [5.74, 6) is -1.34. The molecule has 1 N–H and O–H groups in total. The van der Waals surface area contributed by atoms with Crippen LogP contribution in [-0.2, 0) is 0 Å². The molecule has 0 fully saturated rings. The zero-order chi connectivity index (χ0) is 13.1. The molecule has 0 radical (unpaired) electrons. The first-order valence-electron chi connectivity index (χ1n) is 5.25. The predicted molar refractivity (Wildman–Crippen MR) is 63.3 cm³/mol. The van der Waals surface area contributed by atoms with Crippen LogP contribution in [0.2, 0.25) is 0 Å². The van der Waals surface area contributed by atoms with Crippen molar-refractivity contribution in [2.45, 2.75) is 6.92 Å². The fourth-order valence-corrected chi connectivity index (χ4v) is 1.50. The molecule has 3 nitrogen and oxygen atoms in total. The second kappa shape index (κ2) is 4.91. The number of pyridine rings is 1. The average Bonchev–Trinajstić information content (AvgIpc) is 2.32. The average molecular weight is 248 g/mol. The zero-order valence-corrected chi connectivity index (χ0v) is 9.58. The molecule has 0 atom stereocenters. The molecule has 0 saturated carbocycles. The van der Waals surface area contributed by atoms with Crippen molar-refractivity contribution in [3.05, 3.63) is 59.4 Å². The highest BCUT2D eigenvalue weighted by Crippen LogP contribution is 2.12. The Bertz CT molecular complexity index is 582. The van der Waals surface area contributed by atoms with Crippen molar-refractivity contribution < 1.29 is 13.6 Å². The Labute approximate surface area is 102 Å². The highest BCUT2D eigenvalue weighted by Gasteiger charge is 2.11. The summed E-state index contributed by atoms with van der Waals surface area (Å²) < 4.78 is 25.5. The van der Waals surface area contributed by atoms with Gasteiger partial charge in [-0.15, -0.1) is 0 Å². The molecule has 0 aliphatic rings. The van der Waals surface area contributed by atoms with Gasteiger partial charge in [-0.05, 0) is 42.8 Å². The lowest BCUT2D eigenvalue weighted by molar-refractivity contribution is 0.102. The first kappa shape index (κ1) is 12.2. The quantitative estimate of drug-likeness (QED) is 0.887. The summed E-state index contributed by atoms with van der Waals surface area (Å²) in [7, 11) is 0. The number of carbonyl (C=O) groups excluding carboxylic acids is 1. The number of aryl methyl sites for hydroxylation is 1. The van der Waals surface area contributed by atoms with Crippen LogP contribution in [0.3, 0.4) is 0 Å². The standard InChI is InChI=1S/C13H10F2N2O/c1-8-6-10(15)7-16-12(8)13(18)17-11-4-2-9(14)3-5-11/h2-7H,1H3,(H,17,18). The van der Waals surface area contributed by atoms with Crippen LogP contribution in [0.5, 0.6) is 0 Å². The molecule has 1 heterocycles. The van der Waals surface area contributed by atoms with E-state index in [1.807, 2.05) is 0 Å². The minimum atomic E-state index is -0.495. The normalized spacial score (nSPS) is 10.2. The van der Waals surface area contributed by atoms with E-state index in [-0.39, 0.29) is 11.5 Å². The second-order valence-electron chi connectivity index (χ2n) is 3.78. The van der Waals surface area contributed by atoms with Crippen LogP contribution in [-0.4, -0.2) is 10.9 Å². The van der Waals surface area contributed by atoms with E-state index in [0.29, 0.717) is 11.3 Å². The molecule has 0 aliphatic carbocycles. The third-order valence-electron chi connectivity index (χ3n) is 2.36. The van der Waals surface area contributed by atoms with Gasteiger partial charge in [0.1, 0.15) is 17.3 Å². The first-order chi connectivity index (χ1) is 8.56. The summed E-state index contributed by atoms with van der Waals surface area (Å²) in [5.41, 5.74) is 1.03. The van der Waals surface area contributed by atoms with E-state index in [1.165, 1.54) is 30.3 Å². The summed E-state index contributed by atoms with van der Waals surface area (Å²) >= 11 is 0. The minimum Gasteiger partial charge on any atom is -0.321 e. The zero-order valence-electron chi connectivity index (χ0n) is 9.58. The molecular formula is C13H10F2N2O. The Balaban J connectivity index is 2.19. The van der Waals surface area contributed by atoms with E-state index in [2.05, 4.69) is 10.3 Å². The maximum Gasteiger partial charge on any atom is 0.274 e. The Hall–Kier alpha value is -2.30. The monoisotopic (exact) mass is 248 g/mol. The Kier molecular flexibility index (Phi) is 3.32. The van der Waals surface area contributed by atoms with Crippen molar-refractivity contribution in [1.82, 2.24) is 4.98 Å². The van der Waals surface area contributed by atoms with Gasteiger partial charge in [0.15, 0.2) is 0 Å². The highest BCUT2D eigenvalue weighted by molar-refractivity contribution is 6.03. The van der Waals surface area contributed by atoms with Crippen molar-refractivity contribution in [2.24, 2.45) is 0 Å². The molecule has 18 heavy (non-hydrogen) atoms. The van der Waals surface area contributed by atoms with Crippen molar-refractivity contribution in [3.8, 4) is 0 Å². The fraction of sp³-hybridized carbons (Fsp3) is 0.0769. The van der Waals surface area contributed by atoms with Crippen LogP contribution in [0.25, 0.3) is 0 Å². The van der Waals surface area contributed by atoms with Crippen molar-refractivity contribution in [3.63, 3.8) is 0 Å². The van der Waals surface area contributed by atoms with Gasteiger partial charge in [0.2, 0.25) is 0 Å². The summed E-state index contributed by atoms with van der Waals surface area (Å²) in [5, 5.41) is 2.56. The van der Waals surface area contributed by atoms with Gasteiger partial charge in [-0.1, -0.05) is 0 Å². The summed E-state index contributed by atoms with van der Waals surface area (Å²) in [6.07, 6.45) is 0.979. The van der Waals surface area contributed by atoms with Gasteiger partial charge in [0.05, 0.1) is 6.20 Å². The van der Waals surface area contributed by atoms with E-state index in [0.717, 1.165) is 6.20 Å². The molecule has 0 spiro atoms. The maximum atomic E-state index is 12.8. The van der Waals surface area contributed by atoms with Crippen LogP contribution in [0.4, 0.5) is 14.5 Å². The minimum absolute atomic E-state index is 0.140. The smallest absolute Gasteiger partial charge is 0.274 e. The van der Waals surface area contributed by atoms with Crippen LogP contribution in [0.15, 0.2) is 36.5 Å². The number of amides is 1.